The maximum absolute atomic E-state index is 12.1. The van der Waals surface area contributed by atoms with E-state index in [1.54, 1.807) is 19.0 Å². The van der Waals surface area contributed by atoms with Gasteiger partial charge in [0, 0.05) is 32.8 Å². The van der Waals surface area contributed by atoms with Crippen LogP contribution in [0.2, 0.25) is 0 Å². The molecule has 6 heteroatoms. The average Bonchev–Trinajstić information content (AvgIpc) is 3.30. The molecular formula is C22H40N4O2. The van der Waals surface area contributed by atoms with Gasteiger partial charge in [-0.1, -0.05) is 33.1 Å². The molecule has 3 rings (SSSR count). The number of nitrogens with one attached hydrogen (secondary N) is 2. The third kappa shape index (κ3) is 5.40. The van der Waals surface area contributed by atoms with Gasteiger partial charge in [-0.25, -0.2) is 4.99 Å². The summed E-state index contributed by atoms with van der Waals surface area (Å²) in [5, 5.41) is 7.35. The average molecular weight is 393 g/mol. The Hall–Kier alpha value is -1.30. The Kier molecular flexibility index (Phi) is 7.61. The van der Waals surface area contributed by atoms with Crippen molar-refractivity contribution in [2.75, 3.05) is 27.2 Å². The Balaban J connectivity index is 1.62. The van der Waals surface area contributed by atoms with Crippen LogP contribution in [0.5, 0.6) is 0 Å². The second-order valence-corrected chi connectivity index (χ2v) is 9.23. The van der Waals surface area contributed by atoms with Gasteiger partial charge in [0.1, 0.15) is 6.54 Å². The molecule has 1 saturated heterocycles. The highest BCUT2D eigenvalue weighted by Crippen LogP contribution is 2.44. The number of guanidine groups is 1. The number of rotatable bonds is 7. The number of aliphatic imine (C=N–C) groups is 1. The van der Waals surface area contributed by atoms with Gasteiger partial charge in [-0.3, -0.25) is 4.79 Å². The largest absolute Gasteiger partial charge is 0.378 e. The van der Waals surface area contributed by atoms with Crippen LogP contribution in [0.4, 0.5) is 0 Å². The first-order valence-corrected chi connectivity index (χ1v) is 11.4. The lowest BCUT2D eigenvalue weighted by Crippen LogP contribution is -2.52. The van der Waals surface area contributed by atoms with Crippen LogP contribution in [0.3, 0.4) is 0 Å². The summed E-state index contributed by atoms with van der Waals surface area (Å²) >= 11 is 0. The van der Waals surface area contributed by atoms with Crippen LogP contribution >= 0.6 is 0 Å². The van der Waals surface area contributed by atoms with Crippen molar-refractivity contribution >= 4 is 11.9 Å². The number of carbonyl (C=O) groups is 1. The summed E-state index contributed by atoms with van der Waals surface area (Å²) < 4.78 is 6.08. The molecule has 0 spiro atoms. The standard InChI is InChI=1S/C22H40N4O2/c1-5-16(6-2)20-13-18(9-10-28-20)24-22(23-14-21(27)26(3)4)25-19-12-15-7-8-17(19)11-15/h15-20H,5-14H2,1-4H3,(H2,23,24,25). The monoisotopic (exact) mass is 392 g/mol. The molecule has 2 saturated carbocycles. The smallest absolute Gasteiger partial charge is 0.243 e. The van der Waals surface area contributed by atoms with Gasteiger partial charge in [0.15, 0.2) is 5.96 Å². The lowest BCUT2D eigenvalue weighted by atomic mass is 9.89. The van der Waals surface area contributed by atoms with Crippen LogP contribution in [-0.2, 0) is 9.53 Å². The lowest BCUT2D eigenvalue weighted by Gasteiger charge is -2.35. The minimum Gasteiger partial charge on any atom is -0.378 e. The van der Waals surface area contributed by atoms with Crippen LogP contribution in [0.25, 0.3) is 0 Å². The van der Waals surface area contributed by atoms with Gasteiger partial charge < -0.3 is 20.3 Å². The number of hydrogen-bond acceptors (Lipinski definition) is 3. The lowest BCUT2D eigenvalue weighted by molar-refractivity contribution is -0.127. The number of likely N-dealkylation sites (N-methyl/N-ethyl adjacent to an activating group) is 1. The van der Waals surface area contributed by atoms with Crippen LogP contribution in [0.1, 0.15) is 65.2 Å². The van der Waals surface area contributed by atoms with Crippen molar-refractivity contribution in [2.45, 2.75) is 83.4 Å². The third-order valence-corrected chi connectivity index (χ3v) is 7.16. The molecule has 0 aromatic heterocycles. The van der Waals surface area contributed by atoms with Gasteiger partial charge in [0.05, 0.1) is 6.10 Å². The van der Waals surface area contributed by atoms with E-state index >= 15 is 0 Å². The maximum atomic E-state index is 12.1. The molecule has 160 valence electrons. The third-order valence-electron chi connectivity index (χ3n) is 7.16. The Morgan fingerprint density at radius 2 is 1.89 bits per heavy atom. The second kappa shape index (κ2) is 9.95. The fourth-order valence-corrected chi connectivity index (χ4v) is 5.31. The van der Waals surface area contributed by atoms with E-state index in [0.29, 0.717) is 24.1 Å². The van der Waals surface area contributed by atoms with E-state index in [0.717, 1.165) is 50.1 Å². The molecule has 28 heavy (non-hydrogen) atoms. The number of fused-ring (bicyclic) bond motifs is 2. The molecule has 0 radical (unpaired) electrons. The molecule has 1 heterocycles. The molecular weight excluding hydrogens is 352 g/mol. The first kappa shape index (κ1) is 21.4. The minimum absolute atomic E-state index is 0.0379. The minimum atomic E-state index is 0.0379. The Morgan fingerprint density at radius 3 is 2.50 bits per heavy atom. The van der Waals surface area contributed by atoms with Crippen LogP contribution in [0.15, 0.2) is 4.99 Å². The first-order chi connectivity index (χ1) is 13.5. The molecule has 3 fully saturated rings. The molecule has 0 aromatic rings. The summed E-state index contributed by atoms with van der Waals surface area (Å²) in [5.74, 6) is 3.14. The van der Waals surface area contributed by atoms with E-state index < -0.39 is 0 Å². The van der Waals surface area contributed by atoms with E-state index in [2.05, 4.69) is 29.5 Å². The van der Waals surface area contributed by atoms with E-state index in [1.165, 1.54) is 25.7 Å². The van der Waals surface area contributed by atoms with E-state index in [-0.39, 0.29) is 12.5 Å². The van der Waals surface area contributed by atoms with Gasteiger partial charge in [-0.2, -0.15) is 0 Å². The Labute approximate surface area is 170 Å². The summed E-state index contributed by atoms with van der Waals surface area (Å²) in [6.07, 6.45) is 9.99. The highest BCUT2D eigenvalue weighted by atomic mass is 16.5. The van der Waals surface area contributed by atoms with Crippen molar-refractivity contribution in [1.82, 2.24) is 15.5 Å². The van der Waals surface area contributed by atoms with E-state index in [9.17, 15) is 4.79 Å². The molecule has 3 aliphatic rings. The van der Waals surface area contributed by atoms with Crippen molar-refractivity contribution < 1.29 is 9.53 Å². The molecule has 2 N–H and O–H groups in total. The molecule has 1 amide bonds. The predicted molar refractivity (Wildman–Crippen MR) is 113 cm³/mol. The molecule has 5 unspecified atom stereocenters. The van der Waals surface area contributed by atoms with Crippen molar-refractivity contribution in [3.63, 3.8) is 0 Å². The maximum Gasteiger partial charge on any atom is 0.243 e. The second-order valence-electron chi connectivity index (χ2n) is 9.23. The highest BCUT2D eigenvalue weighted by molar-refractivity contribution is 5.85. The fourth-order valence-electron chi connectivity index (χ4n) is 5.31. The molecule has 2 aliphatic carbocycles. The summed E-state index contributed by atoms with van der Waals surface area (Å²) in [6, 6.07) is 0.868. The number of hydrogen-bond donors (Lipinski definition) is 2. The first-order valence-electron chi connectivity index (χ1n) is 11.4. The van der Waals surface area contributed by atoms with Gasteiger partial charge >= 0.3 is 0 Å². The summed E-state index contributed by atoms with van der Waals surface area (Å²) in [5.41, 5.74) is 0. The van der Waals surface area contributed by atoms with Crippen LogP contribution in [-0.4, -0.2) is 62.2 Å². The zero-order valence-electron chi connectivity index (χ0n) is 18.2. The molecule has 2 bridgehead atoms. The van der Waals surface area contributed by atoms with Gasteiger partial charge in [0.25, 0.3) is 0 Å². The van der Waals surface area contributed by atoms with Gasteiger partial charge in [-0.15, -0.1) is 0 Å². The summed E-state index contributed by atoms with van der Waals surface area (Å²) in [6.45, 7) is 5.51. The molecule has 5 atom stereocenters. The number of ether oxygens (including phenoxy) is 1. The number of carbonyl (C=O) groups excluding carboxylic acids is 1. The Bertz CT molecular complexity index is 547. The van der Waals surface area contributed by atoms with Crippen molar-refractivity contribution in [2.24, 2.45) is 22.7 Å². The zero-order valence-corrected chi connectivity index (χ0v) is 18.2. The van der Waals surface area contributed by atoms with Crippen LogP contribution < -0.4 is 10.6 Å². The van der Waals surface area contributed by atoms with Crippen molar-refractivity contribution in [3.05, 3.63) is 0 Å². The zero-order chi connectivity index (χ0) is 20.1. The molecule has 0 aromatic carbocycles. The van der Waals surface area contributed by atoms with Gasteiger partial charge in [-0.05, 0) is 49.9 Å². The van der Waals surface area contributed by atoms with Crippen molar-refractivity contribution in [3.8, 4) is 0 Å². The van der Waals surface area contributed by atoms with Crippen molar-refractivity contribution in [1.29, 1.82) is 0 Å². The SMILES string of the molecule is CCC(CC)C1CC(NC(=NCC(=O)N(C)C)NC2CC3CCC2C3)CCO1. The van der Waals surface area contributed by atoms with E-state index in [4.69, 9.17) is 4.74 Å². The summed E-state index contributed by atoms with van der Waals surface area (Å²) in [7, 11) is 3.57. The van der Waals surface area contributed by atoms with Gasteiger partial charge in [0.2, 0.25) is 5.91 Å². The quantitative estimate of drug-likeness (QED) is 0.516. The number of nitrogens with zero attached hydrogens (tertiary/aromatic N) is 2. The summed E-state index contributed by atoms with van der Waals surface area (Å²) in [4.78, 5) is 18.3. The van der Waals surface area contributed by atoms with E-state index in [1.807, 2.05) is 0 Å². The highest BCUT2D eigenvalue weighted by Gasteiger charge is 2.40. The fraction of sp³-hybridized carbons (Fsp3) is 0.909. The Morgan fingerprint density at radius 1 is 1.11 bits per heavy atom. The molecule has 1 aliphatic heterocycles. The number of amides is 1. The van der Waals surface area contributed by atoms with Crippen LogP contribution in [0, 0.1) is 17.8 Å². The normalized spacial score (nSPS) is 32.6. The molecule has 6 nitrogen and oxygen atoms in total. The predicted octanol–water partition coefficient (Wildman–Crippen LogP) is 2.78. The topological polar surface area (TPSA) is 66.0 Å².